The number of nitrogens with zero attached hydrogens (tertiary/aromatic N) is 5. The van der Waals surface area contributed by atoms with E-state index in [1.165, 1.54) is 0 Å². The van der Waals surface area contributed by atoms with Crippen LogP contribution in [-0.2, 0) is 4.74 Å². The molecule has 146 valence electrons. The fraction of sp³-hybridized carbons (Fsp3) is 0.368. The molecule has 0 amide bonds. The van der Waals surface area contributed by atoms with Gasteiger partial charge in [-0.05, 0) is 11.4 Å². The van der Waals surface area contributed by atoms with Gasteiger partial charge >= 0.3 is 0 Å². The number of anilines is 1. The van der Waals surface area contributed by atoms with Gasteiger partial charge in [-0.2, -0.15) is 0 Å². The summed E-state index contributed by atoms with van der Waals surface area (Å²) in [7, 11) is 0. The van der Waals surface area contributed by atoms with E-state index in [2.05, 4.69) is 30.2 Å². The second-order valence-corrected chi connectivity index (χ2v) is 7.42. The van der Waals surface area contributed by atoms with Gasteiger partial charge in [-0.3, -0.25) is 14.9 Å². The highest BCUT2D eigenvalue weighted by atomic mass is 32.1. The lowest BCUT2D eigenvalue weighted by Crippen LogP contribution is -2.42. The molecule has 0 aromatic carbocycles. The van der Waals surface area contributed by atoms with Gasteiger partial charge in [0.1, 0.15) is 0 Å². The maximum absolute atomic E-state index is 10.3. The topological polar surface area (TPSA) is 96.3 Å². The molecule has 2 N–H and O–H groups in total. The van der Waals surface area contributed by atoms with Crippen LogP contribution in [0.4, 0.5) is 5.95 Å². The van der Waals surface area contributed by atoms with Crippen LogP contribution in [0.2, 0.25) is 0 Å². The van der Waals surface area contributed by atoms with E-state index in [1.54, 1.807) is 36.1 Å². The summed E-state index contributed by atoms with van der Waals surface area (Å²) in [5, 5.41) is 15.5. The zero-order chi connectivity index (χ0) is 19.2. The van der Waals surface area contributed by atoms with Crippen molar-refractivity contribution in [2.45, 2.75) is 6.10 Å². The van der Waals surface area contributed by atoms with Crippen molar-refractivity contribution in [3.8, 4) is 21.8 Å². The largest absolute Gasteiger partial charge is 0.390 e. The Morgan fingerprint density at radius 1 is 1.21 bits per heavy atom. The number of nitrogens with one attached hydrogen (secondary N) is 1. The Morgan fingerprint density at radius 2 is 2.11 bits per heavy atom. The minimum absolute atomic E-state index is 0.381. The molecule has 3 aromatic heterocycles. The SMILES string of the molecule is OC(CNc1ncc(-c2cnccn2)c(-c2cccs2)n1)CN1CCOCC1. The molecule has 0 spiro atoms. The molecule has 1 aliphatic heterocycles. The molecular formula is C19H22N6O2S. The van der Waals surface area contributed by atoms with Crippen molar-refractivity contribution >= 4 is 17.3 Å². The van der Waals surface area contributed by atoms with Gasteiger partial charge in [-0.1, -0.05) is 6.07 Å². The van der Waals surface area contributed by atoms with Crippen molar-refractivity contribution in [3.63, 3.8) is 0 Å². The average Bonchev–Trinajstić information content (AvgIpc) is 3.28. The number of rotatable bonds is 7. The lowest BCUT2D eigenvalue weighted by molar-refractivity contribution is 0.0171. The Labute approximate surface area is 167 Å². The molecule has 1 atom stereocenters. The molecule has 1 aliphatic rings. The first kappa shape index (κ1) is 18.9. The molecule has 28 heavy (non-hydrogen) atoms. The van der Waals surface area contributed by atoms with E-state index >= 15 is 0 Å². The molecule has 0 saturated carbocycles. The Balaban J connectivity index is 1.48. The van der Waals surface area contributed by atoms with Crippen molar-refractivity contribution in [1.29, 1.82) is 0 Å². The molecule has 9 heteroatoms. The minimum atomic E-state index is -0.508. The summed E-state index contributed by atoms with van der Waals surface area (Å²) in [6.45, 7) is 4.12. The third-order valence-corrected chi connectivity index (χ3v) is 5.33. The number of β-amino-alcohol motifs (C(OH)–C–C–N with tert-alkyl or cyclic N) is 1. The summed E-state index contributed by atoms with van der Waals surface area (Å²) in [5.74, 6) is 0.483. The maximum Gasteiger partial charge on any atom is 0.223 e. The van der Waals surface area contributed by atoms with Crippen molar-refractivity contribution in [3.05, 3.63) is 42.3 Å². The summed E-state index contributed by atoms with van der Waals surface area (Å²) in [5.41, 5.74) is 2.36. The zero-order valence-corrected chi connectivity index (χ0v) is 16.2. The fourth-order valence-electron chi connectivity index (χ4n) is 3.05. The van der Waals surface area contributed by atoms with Gasteiger partial charge in [0, 0.05) is 50.3 Å². The predicted molar refractivity (Wildman–Crippen MR) is 108 cm³/mol. The molecule has 1 unspecified atom stereocenters. The molecule has 1 fully saturated rings. The highest BCUT2D eigenvalue weighted by Gasteiger charge is 2.17. The Kier molecular flexibility index (Phi) is 6.17. The van der Waals surface area contributed by atoms with Crippen molar-refractivity contribution in [1.82, 2.24) is 24.8 Å². The Bertz CT molecular complexity index is 871. The standard InChI is InChI=1S/C19H22N6O2S/c26-14(13-25-5-7-27-8-6-25)10-22-19-23-11-15(16-12-20-3-4-21-16)18(24-19)17-2-1-9-28-17/h1-4,9,11-12,14,26H,5-8,10,13H2,(H,22,23,24). The van der Waals surface area contributed by atoms with Crippen LogP contribution >= 0.6 is 11.3 Å². The highest BCUT2D eigenvalue weighted by Crippen LogP contribution is 2.32. The van der Waals surface area contributed by atoms with Gasteiger partial charge in [0.25, 0.3) is 0 Å². The summed E-state index contributed by atoms with van der Waals surface area (Å²) in [4.78, 5) is 20.8. The lowest BCUT2D eigenvalue weighted by Gasteiger charge is -2.28. The molecule has 1 saturated heterocycles. The molecule has 0 bridgehead atoms. The van der Waals surface area contributed by atoms with Crippen LogP contribution in [0.25, 0.3) is 21.8 Å². The number of hydrogen-bond donors (Lipinski definition) is 2. The normalized spacial score (nSPS) is 16.0. The number of hydrogen-bond acceptors (Lipinski definition) is 9. The van der Waals surface area contributed by atoms with E-state index in [-0.39, 0.29) is 0 Å². The molecular weight excluding hydrogens is 376 g/mol. The Morgan fingerprint density at radius 3 is 2.86 bits per heavy atom. The minimum Gasteiger partial charge on any atom is -0.390 e. The number of aromatic nitrogens is 4. The van der Waals surface area contributed by atoms with Crippen LogP contribution in [0.15, 0.2) is 42.3 Å². The lowest BCUT2D eigenvalue weighted by atomic mass is 10.1. The fourth-order valence-corrected chi connectivity index (χ4v) is 3.78. The number of ether oxygens (including phenoxy) is 1. The van der Waals surface area contributed by atoms with Gasteiger partial charge in [-0.25, -0.2) is 9.97 Å². The summed E-state index contributed by atoms with van der Waals surface area (Å²) in [6.07, 6.45) is 6.24. The van der Waals surface area contributed by atoms with Crippen LogP contribution in [-0.4, -0.2) is 75.4 Å². The quantitative estimate of drug-likeness (QED) is 0.622. The molecule has 4 rings (SSSR count). The average molecular weight is 398 g/mol. The Hall–Kier alpha value is -2.46. The van der Waals surface area contributed by atoms with Gasteiger partial charge in [0.05, 0.1) is 41.8 Å². The van der Waals surface area contributed by atoms with Gasteiger partial charge in [-0.15, -0.1) is 11.3 Å². The third-order valence-electron chi connectivity index (χ3n) is 4.45. The third kappa shape index (κ3) is 4.68. The molecule has 8 nitrogen and oxygen atoms in total. The van der Waals surface area contributed by atoms with Crippen LogP contribution in [0.1, 0.15) is 0 Å². The first-order valence-electron chi connectivity index (χ1n) is 9.19. The van der Waals surface area contributed by atoms with Gasteiger partial charge in [0.2, 0.25) is 5.95 Å². The predicted octanol–water partition coefficient (Wildman–Crippen LogP) is 1.77. The second-order valence-electron chi connectivity index (χ2n) is 6.47. The first-order chi connectivity index (χ1) is 13.8. The summed E-state index contributed by atoms with van der Waals surface area (Å²) < 4.78 is 5.34. The molecule has 0 radical (unpaired) electrons. The second kappa shape index (κ2) is 9.16. The van der Waals surface area contributed by atoms with E-state index in [9.17, 15) is 5.11 Å². The number of thiophene rings is 1. The van der Waals surface area contributed by atoms with Gasteiger partial charge in [0.15, 0.2) is 0 Å². The van der Waals surface area contributed by atoms with Crippen molar-refractivity contribution < 1.29 is 9.84 Å². The van der Waals surface area contributed by atoms with Crippen molar-refractivity contribution in [2.75, 3.05) is 44.7 Å². The zero-order valence-electron chi connectivity index (χ0n) is 15.4. The molecule has 0 aliphatic carbocycles. The maximum atomic E-state index is 10.3. The monoisotopic (exact) mass is 398 g/mol. The summed E-state index contributed by atoms with van der Waals surface area (Å²) in [6, 6.07) is 4.01. The van der Waals surface area contributed by atoms with Crippen LogP contribution in [0.5, 0.6) is 0 Å². The van der Waals surface area contributed by atoms with Gasteiger partial charge < -0.3 is 15.2 Å². The number of morpholine rings is 1. The smallest absolute Gasteiger partial charge is 0.223 e. The number of aliphatic hydroxyl groups excluding tert-OH is 1. The first-order valence-corrected chi connectivity index (χ1v) is 10.1. The van der Waals surface area contributed by atoms with E-state index in [0.717, 1.165) is 48.1 Å². The van der Waals surface area contributed by atoms with E-state index in [0.29, 0.717) is 19.0 Å². The number of aliphatic hydroxyl groups is 1. The summed E-state index contributed by atoms with van der Waals surface area (Å²) >= 11 is 1.61. The van der Waals surface area contributed by atoms with Crippen LogP contribution in [0.3, 0.4) is 0 Å². The highest BCUT2D eigenvalue weighted by molar-refractivity contribution is 7.13. The van der Waals surface area contributed by atoms with E-state index in [1.807, 2.05) is 17.5 Å². The molecule has 3 aromatic rings. The van der Waals surface area contributed by atoms with Crippen LogP contribution < -0.4 is 5.32 Å². The van der Waals surface area contributed by atoms with Crippen LogP contribution in [0, 0.1) is 0 Å². The molecule has 4 heterocycles. The van der Waals surface area contributed by atoms with Crippen molar-refractivity contribution in [2.24, 2.45) is 0 Å². The van der Waals surface area contributed by atoms with E-state index < -0.39 is 6.10 Å². The van der Waals surface area contributed by atoms with E-state index in [4.69, 9.17) is 4.74 Å².